The molecule has 0 N–H and O–H groups in total. The maximum Gasteiger partial charge on any atom is 0.131 e. The number of piperidine rings is 1. The molecule has 2 aliphatic heterocycles. The van der Waals surface area contributed by atoms with E-state index in [4.69, 9.17) is 0 Å². The third-order valence-electron chi connectivity index (χ3n) is 10.0. The van der Waals surface area contributed by atoms with Crippen molar-refractivity contribution >= 4 is 11.3 Å². The number of halogens is 2. The number of benzene rings is 4. The molecule has 2 nitrogen and oxygen atoms in total. The van der Waals surface area contributed by atoms with Gasteiger partial charge in [0, 0.05) is 5.56 Å². The summed E-state index contributed by atoms with van der Waals surface area (Å²) in [4.78, 5) is 5.35. The SMILES string of the molecule is C/C=C(\c1ccc(CN2CCC(C3=C[I-]c4ccccc4N3CC3CC3c3ccc(CC)cc3)CC2)cc1)c1ccccc1F. The van der Waals surface area contributed by atoms with Gasteiger partial charge in [-0.3, -0.25) is 0 Å². The van der Waals surface area contributed by atoms with Crippen LogP contribution in [0.15, 0.2) is 113 Å². The minimum atomic E-state index is -0.173. The van der Waals surface area contributed by atoms with Gasteiger partial charge >= 0.3 is 227 Å². The smallest absolute Gasteiger partial charge is 0.131 e. The van der Waals surface area contributed by atoms with Crippen molar-refractivity contribution in [3.05, 3.63) is 150 Å². The van der Waals surface area contributed by atoms with Crippen LogP contribution in [0.1, 0.15) is 66.8 Å². The van der Waals surface area contributed by atoms with E-state index in [-0.39, 0.29) is 27.0 Å². The first-order valence-corrected chi connectivity index (χ1v) is 19.0. The minimum absolute atomic E-state index is 0.0937. The van der Waals surface area contributed by atoms with Gasteiger partial charge < -0.3 is 0 Å². The Bertz CT molecular complexity index is 1680. The van der Waals surface area contributed by atoms with E-state index in [0.29, 0.717) is 17.4 Å². The molecule has 3 aliphatic rings. The summed E-state index contributed by atoms with van der Waals surface area (Å²) in [6.07, 6.45) is 6.86. The first-order chi connectivity index (χ1) is 22.1. The first-order valence-electron chi connectivity index (χ1n) is 16.6. The third kappa shape index (κ3) is 6.69. The summed E-state index contributed by atoms with van der Waals surface area (Å²) >= 11 is -0.0937. The Morgan fingerprint density at radius 3 is 2.31 bits per heavy atom. The number of fused-ring (bicyclic) bond motifs is 1. The van der Waals surface area contributed by atoms with E-state index < -0.39 is 0 Å². The molecule has 232 valence electrons. The molecule has 4 aromatic rings. The van der Waals surface area contributed by atoms with E-state index >= 15 is 0 Å². The van der Waals surface area contributed by atoms with E-state index in [1.165, 1.54) is 47.7 Å². The van der Waals surface area contributed by atoms with Gasteiger partial charge in [-0.2, -0.15) is 0 Å². The van der Waals surface area contributed by atoms with Crippen LogP contribution in [0, 0.1) is 21.2 Å². The van der Waals surface area contributed by atoms with Crippen LogP contribution in [0.4, 0.5) is 10.1 Å². The van der Waals surface area contributed by atoms with Crippen molar-refractivity contribution in [2.45, 2.75) is 52.0 Å². The molecule has 1 aliphatic carbocycles. The Hall–Kier alpha value is -3.22. The van der Waals surface area contributed by atoms with E-state index in [2.05, 4.69) is 93.6 Å². The molecule has 2 unspecified atom stereocenters. The fourth-order valence-electron chi connectivity index (χ4n) is 7.27. The summed E-state index contributed by atoms with van der Waals surface area (Å²) < 4.78 is 18.7. The molecular formula is C41H43FIN2-. The number of allylic oxidation sites excluding steroid dienone is 2. The predicted octanol–water partition coefficient (Wildman–Crippen LogP) is 6.48. The number of nitrogens with zero attached hydrogens (tertiary/aromatic N) is 2. The van der Waals surface area contributed by atoms with Gasteiger partial charge in [0.05, 0.1) is 0 Å². The monoisotopic (exact) mass is 709 g/mol. The fraction of sp³-hybridized carbons (Fsp3) is 0.317. The molecule has 1 saturated carbocycles. The topological polar surface area (TPSA) is 6.48 Å². The third-order valence-corrected chi connectivity index (χ3v) is 12.6. The second-order valence-corrected chi connectivity index (χ2v) is 15.2. The zero-order chi connectivity index (χ0) is 30.8. The van der Waals surface area contributed by atoms with Gasteiger partial charge in [-0.05, 0) is 13.0 Å². The van der Waals surface area contributed by atoms with Gasteiger partial charge in [-0.15, -0.1) is 0 Å². The van der Waals surface area contributed by atoms with Crippen molar-refractivity contribution in [1.29, 1.82) is 0 Å². The van der Waals surface area contributed by atoms with Crippen LogP contribution in [0.3, 0.4) is 0 Å². The fourth-order valence-corrected chi connectivity index (χ4v) is 9.98. The average Bonchev–Trinajstić information content (AvgIpc) is 3.86. The number of anilines is 1. The Kier molecular flexibility index (Phi) is 9.23. The molecule has 2 heterocycles. The molecule has 0 aromatic heterocycles. The van der Waals surface area contributed by atoms with Crippen LogP contribution in [-0.4, -0.2) is 24.5 Å². The van der Waals surface area contributed by atoms with Crippen molar-refractivity contribution in [2.24, 2.45) is 11.8 Å². The van der Waals surface area contributed by atoms with Gasteiger partial charge in [-0.1, -0.05) is 24.3 Å². The van der Waals surface area contributed by atoms with Crippen molar-refractivity contribution in [3.63, 3.8) is 0 Å². The summed E-state index contributed by atoms with van der Waals surface area (Å²) in [7, 11) is 0. The number of likely N-dealkylation sites (tertiary alicyclic amines) is 1. The number of para-hydroxylation sites is 1. The van der Waals surface area contributed by atoms with Gasteiger partial charge in [0.1, 0.15) is 5.82 Å². The Morgan fingerprint density at radius 1 is 0.867 bits per heavy atom. The molecule has 0 amide bonds. The largest absolute Gasteiger partial charge is 0.206 e. The Labute approximate surface area is 278 Å². The summed E-state index contributed by atoms with van der Waals surface area (Å²) in [5.41, 5.74) is 10.0. The number of aryl methyl sites for hydroxylation is 1. The van der Waals surface area contributed by atoms with Crippen molar-refractivity contribution in [2.75, 3.05) is 24.5 Å². The van der Waals surface area contributed by atoms with Crippen molar-refractivity contribution in [1.82, 2.24) is 4.90 Å². The second kappa shape index (κ2) is 13.6. The maximum atomic E-state index is 14.5. The van der Waals surface area contributed by atoms with Gasteiger partial charge in [-0.25, -0.2) is 4.39 Å². The normalized spacial score (nSPS) is 20.7. The van der Waals surface area contributed by atoms with Gasteiger partial charge in [0.15, 0.2) is 0 Å². The molecule has 7 rings (SSSR count). The summed E-state index contributed by atoms with van der Waals surface area (Å²) in [6, 6.07) is 34.4. The molecule has 2 atom stereocenters. The van der Waals surface area contributed by atoms with Crippen molar-refractivity contribution < 1.29 is 25.6 Å². The molecule has 4 heteroatoms. The van der Waals surface area contributed by atoms with Crippen LogP contribution in [0.2, 0.25) is 0 Å². The number of rotatable bonds is 9. The maximum absolute atomic E-state index is 14.5. The molecule has 0 spiro atoms. The van der Waals surface area contributed by atoms with Gasteiger partial charge in [0.25, 0.3) is 0 Å². The second-order valence-electron chi connectivity index (χ2n) is 12.8. The van der Waals surface area contributed by atoms with Crippen LogP contribution < -0.4 is 26.1 Å². The predicted molar refractivity (Wildman–Crippen MR) is 181 cm³/mol. The number of hydrogen-bond acceptors (Lipinski definition) is 2. The van der Waals surface area contributed by atoms with E-state index in [0.717, 1.165) is 49.7 Å². The zero-order valence-corrected chi connectivity index (χ0v) is 28.6. The van der Waals surface area contributed by atoms with E-state index in [1.807, 2.05) is 25.1 Å². The van der Waals surface area contributed by atoms with Crippen LogP contribution in [0.5, 0.6) is 0 Å². The molecule has 0 bridgehead atoms. The van der Waals surface area contributed by atoms with Crippen LogP contribution >= 0.6 is 0 Å². The molecule has 0 radical (unpaired) electrons. The molecular weight excluding hydrogens is 666 g/mol. The summed E-state index contributed by atoms with van der Waals surface area (Å²) in [5, 5.41) is 0. The summed E-state index contributed by atoms with van der Waals surface area (Å²) in [6.45, 7) is 8.58. The average molecular weight is 710 g/mol. The quantitative estimate of drug-likeness (QED) is 0.184. The standard InChI is InChI=1S/C41H43FIN2/c1-3-29-13-17-32(18-14-29)37-25-34(37)28-45-40-12-8-7-11-39(40)43-26-41(45)33-21-23-44(24-22-33)27-30-15-19-31(20-16-30)35(4-2)36-9-5-6-10-38(36)42/h4-20,26,33-34,37H,3,21-25,27-28H2,1-2H3/q-1/b35-4+. The summed E-state index contributed by atoms with van der Waals surface area (Å²) in [5.74, 6) is 1.89. The minimum Gasteiger partial charge on any atom is -0.206 e. The van der Waals surface area contributed by atoms with Gasteiger partial charge in [0.2, 0.25) is 0 Å². The Morgan fingerprint density at radius 2 is 1.58 bits per heavy atom. The van der Waals surface area contributed by atoms with Crippen molar-refractivity contribution in [3.8, 4) is 0 Å². The Balaban J connectivity index is 0.990. The number of hydrogen-bond donors (Lipinski definition) is 0. The van der Waals surface area contributed by atoms with E-state index in [9.17, 15) is 4.39 Å². The molecule has 1 saturated heterocycles. The molecule has 2 fully saturated rings. The zero-order valence-electron chi connectivity index (χ0n) is 26.4. The van der Waals surface area contributed by atoms with Crippen LogP contribution in [0.25, 0.3) is 5.57 Å². The van der Waals surface area contributed by atoms with E-state index in [1.54, 1.807) is 15.3 Å². The van der Waals surface area contributed by atoms with Crippen LogP contribution in [-0.2, 0) is 13.0 Å². The molecule has 45 heavy (non-hydrogen) atoms. The molecule has 4 aromatic carbocycles. The first kappa shape index (κ1) is 30.4.